The number of ether oxygens (including phenoxy) is 1. The van der Waals surface area contributed by atoms with Crippen LogP contribution in [0.15, 0.2) is 0 Å². The van der Waals surface area contributed by atoms with Crippen LogP contribution in [-0.4, -0.2) is 58.8 Å². The van der Waals surface area contributed by atoms with Crippen molar-refractivity contribution in [3.8, 4) is 0 Å². The first-order valence-corrected chi connectivity index (χ1v) is 6.40. The van der Waals surface area contributed by atoms with E-state index in [1.165, 1.54) is 4.90 Å². The molecular formula is C12H21N3O6. The Balaban J connectivity index is 2.55. The number of carboxylic acid groups (broad SMARTS) is 1. The smallest absolute Gasteiger partial charge is 0.410 e. The zero-order valence-corrected chi connectivity index (χ0v) is 12.3. The van der Waals surface area contributed by atoms with Crippen molar-refractivity contribution in [3.63, 3.8) is 0 Å². The van der Waals surface area contributed by atoms with E-state index < -0.39 is 29.1 Å². The van der Waals surface area contributed by atoms with Gasteiger partial charge in [0.25, 0.3) is 0 Å². The molecule has 0 spiro atoms. The highest BCUT2D eigenvalue weighted by Crippen LogP contribution is 2.26. The molecule has 0 atom stereocenters. The van der Waals surface area contributed by atoms with Gasteiger partial charge >= 0.3 is 12.1 Å². The fourth-order valence-electron chi connectivity index (χ4n) is 1.90. The lowest BCUT2D eigenvalue weighted by Crippen LogP contribution is -2.71. The average Bonchev–Trinajstić information content (AvgIpc) is 2.20. The van der Waals surface area contributed by atoms with E-state index in [9.17, 15) is 14.4 Å². The molecule has 0 unspecified atom stereocenters. The Bertz CT molecular complexity index is 425. The van der Waals surface area contributed by atoms with Gasteiger partial charge in [0, 0.05) is 13.1 Å². The molecule has 1 rings (SSSR count). The van der Waals surface area contributed by atoms with Crippen LogP contribution in [0, 0.1) is 0 Å². The van der Waals surface area contributed by atoms with Gasteiger partial charge in [0.2, 0.25) is 5.91 Å². The number of hydrogen-bond acceptors (Lipinski definition) is 6. The van der Waals surface area contributed by atoms with Crippen LogP contribution in [0.5, 0.6) is 0 Å². The van der Waals surface area contributed by atoms with Crippen LogP contribution in [0.3, 0.4) is 0 Å². The first-order chi connectivity index (χ1) is 9.53. The van der Waals surface area contributed by atoms with Crippen molar-refractivity contribution in [2.24, 2.45) is 5.73 Å². The third kappa shape index (κ3) is 5.56. The number of aliphatic carboxylic acids is 1. The van der Waals surface area contributed by atoms with Gasteiger partial charge in [-0.2, -0.15) is 5.48 Å². The minimum absolute atomic E-state index is 0.104. The summed E-state index contributed by atoms with van der Waals surface area (Å²) in [6.07, 6.45) is -0.786. The molecule has 0 aromatic carbocycles. The zero-order chi connectivity index (χ0) is 16.3. The molecule has 0 saturated carbocycles. The molecule has 1 saturated heterocycles. The Kier molecular flexibility index (Phi) is 5.13. The summed E-state index contributed by atoms with van der Waals surface area (Å²) in [5.41, 5.74) is 5.86. The number of nitrogens with zero attached hydrogens (tertiary/aromatic N) is 1. The first-order valence-electron chi connectivity index (χ1n) is 6.40. The largest absolute Gasteiger partial charge is 0.481 e. The van der Waals surface area contributed by atoms with E-state index in [1.807, 2.05) is 0 Å². The zero-order valence-electron chi connectivity index (χ0n) is 12.3. The highest BCUT2D eigenvalue weighted by atomic mass is 16.7. The second-order valence-electron chi connectivity index (χ2n) is 6.04. The van der Waals surface area contributed by atoms with Crippen LogP contribution in [0.25, 0.3) is 0 Å². The molecule has 0 bridgehead atoms. The van der Waals surface area contributed by atoms with Crippen LogP contribution in [0.4, 0.5) is 4.79 Å². The second-order valence-corrected chi connectivity index (χ2v) is 6.04. The number of rotatable bonds is 6. The number of carbonyl (C=O) groups excluding carboxylic acids is 2. The van der Waals surface area contributed by atoms with Gasteiger partial charge in [0.05, 0.1) is 12.0 Å². The van der Waals surface area contributed by atoms with Gasteiger partial charge in [-0.25, -0.2) is 4.79 Å². The molecule has 0 radical (unpaired) electrons. The molecule has 1 aliphatic heterocycles. The SMILES string of the molecule is CC(C)(C)OC(=O)N1CC(CC(=O)O)(NOCC(N)=O)C1. The number of primary amides is 1. The van der Waals surface area contributed by atoms with Gasteiger partial charge in [-0.3, -0.25) is 14.4 Å². The van der Waals surface area contributed by atoms with Gasteiger partial charge in [0.1, 0.15) is 12.2 Å². The molecule has 0 aromatic rings. The number of nitrogens with two attached hydrogens (primary N) is 1. The summed E-state index contributed by atoms with van der Waals surface area (Å²) in [6.45, 7) is 5.05. The van der Waals surface area contributed by atoms with Crippen molar-refractivity contribution in [2.75, 3.05) is 19.7 Å². The van der Waals surface area contributed by atoms with Gasteiger partial charge in [-0.15, -0.1) is 0 Å². The molecule has 9 heteroatoms. The molecule has 1 aliphatic rings. The fraction of sp³-hybridized carbons (Fsp3) is 0.750. The Morgan fingerprint density at radius 2 is 1.90 bits per heavy atom. The van der Waals surface area contributed by atoms with Crippen LogP contribution in [-0.2, 0) is 19.2 Å². The molecule has 120 valence electrons. The summed E-state index contributed by atoms with van der Waals surface area (Å²) in [5.74, 6) is -1.73. The van der Waals surface area contributed by atoms with Gasteiger partial charge in [0.15, 0.2) is 0 Å². The van der Waals surface area contributed by atoms with E-state index in [2.05, 4.69) is 5.48 Å². The number of nitrogens with one attached hydrogen (secondary N) is 1. The maximum absolute atomic E-state index is 11.8. The summed E-state index contributed by atoms with van der Waals surface area (Å²) in [5, 5.41) is 8.91. The van der Waals surface area contributed by atoms with Gasteiger partial charge < -0.3 is 20.5 Å². The lowest BCUT2D eigenvalue weighted by molar-refractivity contribution is -0.149. The minimum Gasteiger partial charge on any atom is -0.481 e. The van der Waals surface area contributed by atoms with Crippen LogP contribution in [0.1, 0.15) is 27.2 Å². The fourth-order valence-corrected chi connectivity index (χ4v) is 1.90. The molecule has 9 nitrogen and oxygen atoms in total. The minimum atomic E-state index is -1.05. The van der Waals surface area contributed by atoms with Crippen molar-refractivity contribution in [3.05, 3.63) is 0 Å². The molecule has 4 N–H and O–H groups in total. The third-order valence-corrected chi connectivity index (χ3v) is 2.63. The quantitative estimate of drug-likeness (QED) is 0.561. The Morgan fingerprint density at radius 3 is 2.33 bits per heavy atom. The lowest BCUT2D eigenvalue weighted by atomic mass is 9.87. The van der Waals surface area contributed by atoms with E-state index in [0.29, 0.717) is 0 Å². The van der Waals surface area contributed by atoms with Gasteiger partial charge in [-0.05, 0) is 20.8 Å². The Labute approximate surface area is 122 Å². The summed E-state index contributed by atoms with van der Waals surface area (Å²) in [7, 11) is 0. The predicted molar refractivity (Wildman–Crippen MR) is 71.1 cm³/mol. The highest BCUT2D eigenvalue weighted by Gasteiger charge is 2.48. The Hall–Kier alpha value is -1.87. The number of hydroxylamine groups is 1. The van der Waals surface area contributed by atoms with E-state index in [0.717, 1.165) is 0 Å². The summed E-state index contributed by atoms with van der Waals surface area (Å²) >= 11 is 0. The molecule has 1 heterocycles. The van der Waals surface area contributed by atoms with Crippen LogP contribution < -0.4 is 11.2 Å². The molecule has 0 aliphatic carbocycles. The van der Waals surface area contributed by atoms with Crippen molar-refractivity contribution >= 4 is 18.0 Å². The summed E-state index contributed by atoms with van der Waals surface area (Å²) < 4.78 is 5.18. The maximum Gasteiger partial charge on any atom is 0.410 e. The Morgan fingerprint density at radius 1 is 1.33 bits per heavy atom. The van der Waals surface area contributed by atoms with Crippen LogP contribution >= 0.6 is 0 Å². The third-order valence-electron chi connectivity index (χ3n) is 2.63. The number of amides is 2. The highest BCUT2D eigenvalue weighted by molar-refractivity contribution is 5.75. The number of hydrogen-bond donors (Lipinski definition) is 3. The van der Waals surface area contributed by atoms with E-state index >= 15 is 0 Å². The van der Waals surface area contributed by atoms with E-state index in [-0.39, 0.29) is 26.1 Å². The molecule has 0 aromatic heterocycles. The van der Waals surface area contributed by atoms with Crippen molar-refractivity contribution in [1.29, 1.82) is 0 Å². The second kappa shape index (κ2) is 6.27. The topological polar surface area (TPSA) is 131 Å². The van der Waals surface area contributed by atoms with Crippen LogP contribution in [0.2, 0.25) is 0 Å². The average molecular weight is 303 g/mol. The lowest BCUT2D eigenvalue weighted by Gasteiger charge is -2.48. The predicted octanol–water partition coefficient (Wildman–Crippen LogP) is -0.543. The molecule has 2 amide bonds. The van der Waals surface area contributed by atoms with Crippen molar-refractivity contribution in [1.82, 2.24) is 10.4 Å². The standard InChI is InChI=1S/C12H21N3O6/c1-11(2,3)21-10(19)15-6-12(7-15,4-9(17)18)14-20-5-8(13)16/h14H,4-7H2,1-3H3,(H2,13,16)(H,17,18). The van der Waals surface area contributed by atoms with Crippen molar-refractivity contribution in [2.45, 2.75) is 38.3 Å². The number of carboxylic acids is 1. The normalized spacial score (nSPS) is 17.0. The monoisotopic (exact) mass is 303 g/mol. The number of carbonyl (C=O) groups is 3. The number of likely N-dealkylation sites (tertiary alicyclic amines) is 1. The summed E-state index contributed by atoms with van der Waals surface area (Å²) in [4.78, 5) is 39.5. The van der Waals surface area contributed by atoms with Gasteiger partial charge in [-0.1, -0.05) is 0 Å². The molecule has 21 heavy (non-hydrogen) atoms. The maximum atomic E-state index is 11.8. The van der Waals surface area contributed by atoms with Crippen molar-refractivity contribution < 1.29 is 29.1 Å². The summed E-state index contributed by atoms with van der Waals surface area (Å²) in [6, 6.07) is 0. The first kappa shape index (κ1) is 17.2. The van der Waals surface area contributed by atoms with E-state index in [1.54, 1.807) is 20.8 Å². The van der Waals surface area contributed by atoms with E-state index in [4.69, 9.17) is 20.4 Å². The molecular weight excluding hydrogens is 282 g/mol. The molecule has 1 fully saturated rings.